The number of methoxy groups -OCH3 is 1. The van der Waals surface area contributed by atoms with Crippen molar-refractivity contribution in [1.82, 2.24) is 0 Å². The number of Topliss-reactive ketones (excluding diaryl/α,β-unsaturated/α-hetero) is 1. The average molecular weight is 230 g/mol. The molecule has 1 aliphatic carbocycles. The Morgan fingerprint density at radius 1 is 1.44 bits per heavy atom. The Balaban J connectivity index is 2.35. The fourth-order valence-corrected chi connectivity index (χ4v) is 1.85. The number of esters is 1. The van der Waals surface area contributed by atoms with E-state index in [4.69, 9.17) is 14.2 Å². The van der Waals surface area contributed by atoms with E-state index in [-0.39, 0.29) is 30.6 Å². The second kappa shape index (κ2) is 6.60. The van der Waals surface area contributed by atoms with E-state index in [1.54, 1.807) is 7.11 Å². The number of rotatable bonds is 5. The number of ether oxygens (including phenoxy) is 3. The molecule has 2 unspecified atom stereocenters. The largest absolute Gasteiger partial charge is 0.466 e. The van der Waals surface area contributed by atoms with E-state index in [0.717, 1.165) is 6.42 Å². The van der Waals surface area contributed by atoms with E-state index in [9.17, 15) is 9.59 Å². The summed E-state index contributed by atoms with van der Waals surface area (Å²) in [5.41, 5.74) is 0. The minimum absolute atomic E-state index is 0.0759. The summed E-state index contributed by atoms with van der Waals surface area (Å²) >= 11 is 0. The molecule has 1 rings (SSSR count). The molecular weight excluding hydrogens is 212 g/mol. The van der Waals surface area contributed by atoms with Crippen molar-refractivity contribution >= 4 is 11.8 Å². The Bertz CT molecular complexity index is 251. The number of carbonyl (C=O) groups is 2. The first kappa shape index (κ1) is 13.1. The van der Waals surface area contributed by atoms with Gasteiger partial charge in [-0.05, 0) is 6.42 Å². The topological polar surface area (TPSA) is 61.8 Å². The van der Waals surface area contributed by atoms with E-state index in [0.29, 0.717) is 19.4 Å². The first-order valence-electron chi connectivity index (χ1n) is 5.37. The molecule has 0 aromatic heterocycles. The van der Waals surface area contributed by atoms with Gasteiger partial charge >= 0.3 is 5.97 Å². The number of hydrogen-bond acceptors (Lipinski definition) is 5. The van der Waals surface area contributed by atoms with Crippen molar-refractivity contribution in [2.24, 2.45) is 5.92 Å². The van der Waals surface area contributed by atoms with E-state index in [2.05, 4.69) is 0 Å². The summed E-state index contributed by atoms with van der Waals surface area (Å²) in [6.45, 7) is 1.86. The molecule has 0 aliphatic heterocycles. The molecule has 1 saturated carbocycles. The Labute approximate surface area is 95.0 Å². The first-order valence-corrected chi connectivity index (χ1v) is 5.37. The fourth-order valence-electron chi connectivity index (χ4n) is 1.85. The predicted molar refractivity (Wildman–Crippen MR) is 55.7 cm³/mol. The van der Waals surface area contributed by atoms with Gasteiger partial charge < -0.3 is 14.2 Å². The van der Waals surface area contributed by atoms with Crippen molar-refractivity contribution in [3.63, 3.8) is 0 Å². The summed E-state index contributed by atoms with van der Waals surface area (Å²) in [6.07, 6.45) is 1.53. The monoisotopic (exact) mass is 230 g/mol. The maximum atomic E-state index is 11.4. The summed E-state index contributed by atoms with van der Waals surface area (Å²) in [5.74, 6) is -0.0797. The molecule has 0 N–H and O–H groups in total. The Kier molecular flexibility index (Phi) is 5.42. The minimum Gasteiger partial charge on any atom is -0.466 e. The van der Waals surface area contributed by atoms with Crippen LogP contribution < -0.4 is 0 Å². The average Bonchev–Trinajstić information content (AvgIpc) is 2.23. The molecule has 0 heterocycles. The predicted octanol–water partition coefficient (Wildman–Crippen LogP) is 0.908. The quantitative estimate of drug-likeness (QED) is 0.519. The van der Waals surface area contributed by atoms with E-state index in [1.165, 1.54) is 6.92 Å². The Hall–Kier alpha value is -0.940. The van der Waals surface area contributed by atoms with Crippen LogP contribution in [0.4, 0.5) is 0 Å². The van der Waals surface area contributed by atoms with E-state index in [1.807, 2.05) is 0 Å². The van der Waals surface area contributed by atoms with Crippen LogP contribution in [0.1, 0.15) is 26.2 Å². The third kappa shape index (κ3) is 4.72. The third-order valence-electron chi connectivity index (χ3n) is 2.51. The summed E-state index contributed by atoms with van der Waals surface area (Å²) in [4.78, 5) is 22.1. The number of hydrogen-bond donors (Lipinski definition) is 0. The molecule has 1 fully saturated rings. The van der Waals surface area contributed by atoms with Crippen LogP contribution in [-0.4, -0.2) is 38.4 Å². The van der Waals surface area contributed by atoms with Crippen LogP contribution in [0.5, 0.6) is 0 Å². The SMILES string of the molecule is COCOC1CC(=O)CC(COC(C)=O)C1. The normalized spacial score (nSPS) is 25.5. The van der Waals surface area contributed by atoms with Crippen LogP contribution in [0.15, 0.2) is 0 Å². The highest BCUT2D eigenvalue weighted by molar-refractivity contribution is 5.80. The van der Waals surface area contributed by atoms with Gasteiger partial charge in [-0.2, -0.15) is 0 Å². The molecule has 0 saturated heterocycles. The molecule has 0 bridgehead atoms. The molecule has 0 spiro atoms. The van der Waals surface area contributed by atoms with Gasteiger partial charge in [-0.15, -0.1) is 0 Å². The fraction of sp³-hybridized carbons (Fsp3) is 0.818. The molecule has 5 nitrogen and oxygen atoms in total. The molecule has 92 valence electrons. The van der Waals surface area contributed by atoms with Gasteiger partial charge in [-0.1, -0.05) is 0 Å². The zero-order valence-electron chi connectivity index (χ0n) is 9.73. The summed E-state index contributed by atoms with van der Waals surface area (Å²) < 4.78 is 15.1. The van der Waals surface area contributed by atoms with Crippen molar-refractivity contribution in [3.8, 4) is 0 Å². The highest BCUT2D eigenvalue weighted by atomic mass is 16.7. The second-order valence-electron chi connectivity index (χ2n) is 4.05. The van der Waals surface area contributed by atoms with Gasteiger partial charge in [0.05, 0.1) is 12.7 Å². The van der Waals surface area contributed by atoms with Gasteiger partial charge in [0.25, 0.3) is 0 Å². The van der Waals surface area contributed by atoms with Gasteiger partial charge in [0.2, 0.25) is 0 Å². The van der Waals surface area contributed by atoms with Crippen molar-refractivity contribution in [3.05, 3.63) is 0 Å². The minimum atomic E-state index is -0.313. The lowest BCUT2D eigenvalue weighted by molar-refractivity contribution is -0.147. The van der Waals surface area contributed by atoms with Crippen molar-refractivity contribution in [2.45, 2.75) is 32.3 Å². The molecule has 2 atom stereocenters. The van der Waals surface area contributed by atoms with Crippen molar-refractivity contribution < 1.29 is 23.8 Å². The molecule has 16 heavy (non-hydrogen) atoms. The van der Waals surface area contributed by atoms with E-state index >= 15 is 0 Å². The third-order valence-corrected chi connectivity index (χ3v) is 2.51. The smallest absolute Gasteiger partial charge is 0.302 e. The standard InChI is InChI=1S/C11H18O5/c1-8(12)15-6-9-3-10(13)5-11(4-9)16-7-14-2/h9,11H,3-7H2,1-2H3. The first-order chi connectivity index (χ1) is 7.61. The molecule has 0 radical (unpaired) electrons. The lowest BCUT2D eigenvalue weighted by Crippen LogP contribution is -2.31. The van der Waals surface area contributed by atoms with Gasteiger partial charge in [-0.25, -0.2) is 0 Å². The van der Waals surface area contributed by atoms with Crippen molar-refractivity contribution in [1.29, 1.82) is 0 Å². The lowest BCUT2D eigenvalue weighted by atomic mass is 9.87. The molecule has 1 aliphatic rings. The van der Waals surface area contributed by atoms with Crippen LogP contribution >= 0.6 is 0 Å². The lowest BCUT2D eigenvalue weighted by Gasteiger charge is -2.27. The highest BCUT2D eigenvalue weighted by Crippen LogP contribution is 2.24. The van der Waals surface area contributed by atoms with Gasteiger partial charge in [0, 0.05) is 32.8 Å². The zero-order valence-corrected chi connectivity index (χ0v) is 9.73. The second-order valence-corrected chi connectivity index (χ2v) is 4.05. The zero-order chi connectivity index (χ0) is 12.0. The molecule has 0 amide bonds. The molecule has 5 heteroatoms. The highest BCUT2D eigenvalue weighted by Gasteiger charge is 2.28. The van der Waals surface area contributed by atoms with Crippen LogP contribution in [0.3, 0.4) is 0 Å². The van der Waals surface area contributed by atoms with Gasteiger partial charge in [0.15, 0.2) is 0 Å². The number of carbonyl (C=O) groups excluding carboxylic acids is 2. The van der Waals surface area contributed by atoms with Crippen LogP contribution in [0, 0.1) is 5.92 Å². The summed E-state index contributed by atoms with van der Waals surface area (Å²) in [6, 6.07) is 0. The molecule has 0 aromatic carbocycles. The summed E-state index contributed by atoms with van der Waals surface area (Å²) in [5, 5.41) is 0. The van der Waals surface area contributed by atoms with Gasteiger partial charge in [-0.3, -0.25) is 9.59 Å². The number of ketones is 1. The maximum absolute atomic E-state index is 11.4. The maximum Gasteiger partial charge on any atom is 0.302 e. The van der Waals surface area contributed by atoms with Crippen LogP contribution in [0.25, 0.3) is 0 Å². The molecule has 0 aromatic rings. The van der Waals surface area contributed by atoms with Crippen LogP contribution in [0.2, 0.25) is 0 Å². The van der Waals surface area contributed by atoms with E-state index < -0.39 is 0 Å². The molecular formula is C11H18O5. The Morgan fingerprint density at radius 3 is 2.81 bits per heavy atom. The van der Waals surface area contributed by atoms with Crippen molar-refractivity contribution in [2.75, 3.05) is 20.5 Å². The summed E-state index contributed by atoms with van der Waals surface area (Å²) in [7, 11) is 1.54. The Morgan fingerprint density at radius 2 is 2.19 bits per heavy atom. The van der Waals surface area contributed by atoms with Gasteiger partial charge in [0.1, 0.15) is 12.6 Å². The van der Waals surface area contributed by atoms with Crippen LogP contribution in [-0.2, 0) is 23.8 Å².